The average Bonchev–Trinajstić information content (AvgIpc) is 3.44. The highest BCUT2D eigenvalue weighted by Crippen LogP contribution is 2.41. The summed E-state index contributed by atoms with van der Waals surface area (Å²) in [6, 6.07) is 9.76. The zero-order valence-corrected chi connectivity index (χ0v) is 22.3. The minimum Gasteiger partial charge on any atom is -0.344 e. The van der Waals surface area contributed by atoms with Gasteiger partial charge in [-0.15, -0.1) is 11.3 Å². The number of imide groups is 1. The number of piperidine rings is 1. The summed E-state index contributed by atoms with van der Waals surface area (Å²) in [5.41, 5.74) is 2.35. The van der Waals surface area contributed by atoms with Crippen molar-refractivity contribution < 1.29 is 14.0 Å². The molecule has 1 saturated carbocycles. The first-order chi connectivity index (χ1) is 18.4. The van der Waals surface area contributed by atoms with E-state index < -0.39 is 5.67 Å². The van der Waals surface area contributed by atoms with E-state index in [1.54, 1.807) is 11.1 Å². The van der Waals surface area contributed by atoms with Gasteiger partial charge in [0.2, 0.25) is 0 Å². The molecule has 1 aliphatic carbocycles. The first-order valence-electron chi connectivity index (χ1n) is 13.1. The van der Waals surface area contributed by atoms with Crippen LogP contribution in [0.4, 0.5) is 9.18 Å². The Balaban J connectivity index is 1.27. The molecule has 0 radical (unpaired) electrons. The van der Waals surface area contributed by atoms with Crippen LogP contribution in [0.3, 0.4) is 0 Å². The number of hydrogen-bond acceptors (Lipinski definition) is 5. The number of amides is 3. The van der Waals surface area contributed by atoms with Crippen LogP contribution in [0.5, 0.6) is 0 Å². The van der Waals surface area contributed by atoms with Crippen molar-refractivity contribution in [3.05, 3.63) is 52.6 Å². The van der Waals surface area contributed by atoms with Gasteiger partial charge in [0.15, 0.2) is 0 Å². The fraction of sp³-hybridized carbons (Fsp3) is 0.393. The van der Waals surface area contributed by atoms with Crippen LogP contribution in [-0.2, 0) is 17.9 Å². The van der Waals surface area contributed by atoms with Crippen LogP contribution in [0.15, 0.2) is 42.7 Å². The van der Waals surface area contributed by atoms with Gasteiger partial charge in [-0.1, -0.05) is 11.6 Å². The lowest BCUT2D eigenvalue weighted by Crippen LogP contribution is -2.41. The SMILES string of the molecule is O=C1CN(C2CC2)C(=O)N1Cc1cc2nccc(-c3cc(Cl)cc4ccn(CC5(F)CCNCC5)c34)c2s1. The Labute approximate surface area is 228 Å². The third kappa shape index (κ3) is 4.17. The van der Waals surface area contributed by atoms with Crippen molar-refractivity contribution >= 4 is 56.0 Å². The molecule has 5 heterocycles. The number of carbonyl (C=O) groups excluding carboxylic acids is 2. The average molecular weight is 552 g/mol. The highest BCUT2D eigenvalue weighted by Gasteiger charge is 2.43. The van der Waals surface area contributed by atoms with Gasteiger partial charge in [-0.3, -0.25) is 14.7 Å². The highest BCUT2D eigenvalue weighted by molar-refractivity contribution is 7.19. The molecule has 3 fully saturated rings. The van der Waals surface area contributed by atoms with Crippen molar-refractivity contribution in [1.82, 2.24) is 24.7 Å². The van der Waals surface area contributed by atoms with E-state index in [-0.39, 0.29) is 37.6 Å². The molecule has 3 aromatic heterocycles. The number of halogens is 2. The quantitative estimate of drug-likeness (QED) is 0.317. The summed E-state index contributed by atoms with van der Waals surface area (Å²) in [6.45, 7) is 2.05. The summed E-state index contributed by atoms with van der Waals surface area (Å²) in [6.07, 6.45) is 6.62. The molecule has 3 aliphatic rings. The van der Waals surface area contributed by atoms with Crippen molar-refractivity contribution in [3.63, 3.8) is 0 Å². The molecule has 1 aromatic carbocycles. The summed E-state index contributed by atoms with van der Waals surface area (Å²) in [5.74, 6) is -0.153. The molecular weight excluding hydrogens is 525 g/mol. The molecule has 2 aliphatic heterocycles. The summed E-state index contributed by atoms with van der Waals surface area (Å²) in [4.78, 5) is 34.0. The van der Waals surface area contributed by atoms with Gasteiger partial charge in [0.05, 0.1) is 28.8 Å². The number of hydrogen-bond donors (Lipinski definition) is 1. The molecule has 2 saturated heterocycles. The van der Waals surface area contributed by atoms with Crippen LogP contribution in [0, 0.1) is 0 Å². The van der Waals surface area contributed by atoms with Crippen LogP contribution in [0.2, 0.25) is 5.02 Å². The maximum atomic E-state index is 15.7. The Kier molecular flexibility index (Phi) is 5.72. The fourth-order valence-corrected chi connectivity index (χ4v) is 7.17. The van der Waals surface area contributed by atoms with Crippen molar-refractivity contribution in [2.75, 3.05) is 19.6 Å². The Bertz CT molecular complexity index is 1590. The van der Waals surface area contributed by atoms with E-state index >= 15 is 4.39 Å². The van der Waals surface area contributed by atoms with Gasteiger partial charge in [-0.2, -0.15) is 0 Å². The van der Waals surface area contributed by atoms with E-state index in [2.05, 4.69) is 10.3 Å². The van der Waals surface area contributed by atoms with E-state index in [1.807, 2.05) is 41.1 Å². The molecule has 10 heteroatoms. The van der Waals surface area contributed by atoms with E-state index in [9.17, 15) is 9.59 Å². The number of aromatic nitrogens is 2. The number of benzene rings is 1. The van der Waals surface area contributed by atoms with E-state index in [0.29, 0.717) is 31.0 Å². The normalized spacial score (nSPS) is 19.8. The summed E-state index contributed by atoms with van der Waals surface area (Å²) < 4.78 is 18.7. The standard InChI is InChI=1S/C28H27ClFN5O2S/c29-18-11-17-4-10-33(16-28(30)5-8-31-9-6-28)25(17)22(12-18)21-3-7-32-23-13-20(38-26(21)23)14-35-24(36)15-34(27(35)37)19-1-2-19/h3-4,7,10-13,19,31H,1-2,5-6,8-9,14-16H2. The second kappa shape index (κ2) is 9.03. The largest absolute Gasteiger partial charge is 0.344 e. The third-order valence-electron chi connectivity index (χ3n) is 7.92. The number of carbonyl (C=O) groups is 2. The van der Waals surface area contributed by atoms with Gasteiger partial charge >= 0.3 is 6.03 Å². The van der Waals surface area contributed by atoms with Crippen LogP contribution in [0.1, 0.15) is 30.6 Å². The smallest absolute Gasteiger partial charge is 0.327 e. The van der Waals surface area contributed by atoms with E-state index in [0.717, 1.165) is 50.0 Å². The zero-order chi connectivity index (χ0) is 26.0. The minimum atomic E-state index is -1.26. The predicted octanol–water partition coefficient (Wildman–Crippen LogP) is 5.59. The molecule has 7 nitrogen and oxygen atoms in total. The fourth-order valence-electron chi connectivity index (χ4n) is 5.81. The molecule has 0 unspecified atom stereocenters. The van der Waals surface area contributed by atoms with Gasteiger partial charge in [0, 0.05) is 44.8 Å². The number of urea groups is 1. The molecular formula is C28H27ClFN5O2S. The van der Waals surface area contributed by atoms with Gasteiger partial charge in [-0.25, -0.2) is 9.18 Å². The van der Waals surface area contributed by atoms with Gasteiger partial charge in [0.25, 0.3) is 5.91 Å². The second-order valence-electron chi connectivity index (χ2n) is 10.6. The van der Waals surface area contributed by atoms with Crippen LogP contribution in [0.25, 0.3) is 32.2 Å². The molecule has 3 amide bonds. The Morgan fingerprint density at radius 1 is 1.13 bits per heavy atom. The van der Waals surface area contributed by atoms with Crippen molar-refractivity contribution in [1.29, 1.82) is 0 Å². The van der Waals surface area contributed by atoms with Gasteiger partial charge < -0.3 is 14.8 Å². The van der Waals surface area contributed by atoms with Crippen molar-refractivity contribution in [2.45, 2.75) is 50.5 Å². The lowest BCUT2D eigenvalue weighted by Gasteiger charge is -2.31. The van der Waals surface area contributed by atoms with Crippen molar-refractivity contribution in [2.24, 2.45) is 0 Å². The van der Waals surface area contributed by atoms with E-state index in [4.69, 9.17) is 11.6 Å². The van der Waals surface area contributed by atoms with Crippen molar-refractivity contribution in [3.8, 4) is 11.1 Å². The number of nitrogens with one attached hydrogen (secondary N) is 1. The van der Waals surface area contributed by atoms with Crippen LogP contribution in [-0.4, -0.2) is 62.6 Å². The number of nitrogens with zero attached hydrogens (tertiary/aromatic N) is 4. The molecule has 38 heavy (non-hydrogen) atoms. The molecule has 0 atom stereocenters. The van der Waals surface area contributed by atoms with Gasteiger partial charge in [0.1, 0.15) is 12.2 Å². The number of rotatable bonds is 6. The number of fused-ring (bicyclic) bond motifs is 2. The topological polar surface area (TPSA) is 70.5 Å². The minimum absolute atomic E-state index is 0.153. The van der Waals surface area contributed by atoms with Gasteiger partial charge in [-0.05, 0) is 69.1 Å². The van der Waals surface area contributed by atoms with Crippen LogP contribution >= 0.6 is 22.9 Å². The highest BCUT2D eigenvalue weighted by atomic mass is 35.5. The maximum absolute atomic E-state index is 15.7. The number of thiophene rings is 1. The van der Waals surface area contributed by atoms with E-state index in [1.165, 1.54) is 16.2 Å². The first kappa shape index (κ1) is 24.1. The molecule has 4 aromatic rings. The third-order valence-corrected chi connectivity index (χ3v) is 9.28. The monoisotopic (exact) mass is 551 g/mol. The summed E-state index contributed by atoms with van der Waals surface area (Å²) >= 11 is 8.09. The Morgan fingerprint density at radius 2 is 1.95 bits per heavy atom. The molecule has 0 bridgehead atoms. The Hall–Kier alpha value is -3.01. The summed E-state index contributed by atoms with van der Waals surface area (Å²) in [5, 5.41) is 4.81. The summed E-state index contributed by atoms with van der Waals surface area (Å²) in [7, 11) is 0. The zero-order valence-electron chi connectivity index (χ0n) is 20.8. The molecule has 7 rings (SSSR count). The first-order valence-corrected chi connectivity index (χ1v) is 14.2. The lowest BCUT2D eigenvalue weighted by molar-refractivity contribution is -0.125. The molecule has 0 spiro atoms. The Morgan fingerprint density at radius 3 is 2.74 bits per heavy atom. The lowest BCUT2D eigenvalue weighted by atomic mass is 9.94. The molecule has 196 valence electrons. The predicted molar refractivity (Wildman–Crippen MR) is 147 cm³/mol. The van der Waals surface area contributed by atoms with Crippen LogP contribution < -0.4 is 5.32 Å². The maximum Gasteiger partial charge on any atom is 0.327 e. The second-order valence-corrected chi connectivity index (χ2v) is 12.2. The number of alkyl halides is 1. The number of pyridine rings is 1. The molecule has 1 N–H and O–H groups in total.